The number of nitrogens with one attached hydrogen (secondary N) is 1. The SMILES string of the molecule is O=C(O)[C@H]1C[C@H]1C(=O)NC1(c2cccc(Cl)c2)CC1. The highest BCUT2D eigenvalue weighted by molar-refractivity contribution is 6.30. The van der Waals surface area contributed by atoms with Crippen molar-refractivity contribution in [3.63, 3.8) is 0 Å². The zero-order chi connectivity index (χ0) is 13.6. The van der Waals surface area contributed by atoms with Crippen LogP contribution in [-0.4, -0.2) is 17.0 Å². The van der Waals surface area contributed by atoms with Crippen LogP contribution in [0.4, 0.5) is 0 Å². The van der Waals surface area contributed by atoms with Crippen LogP contribution in [0.3, 0.4) is 0 Å². The Morgan fingerprint density at radius 2 is 2.05 bits per heavy atom. The summed E-state index contributed by atoms with van der Waals surface area (Å²) < 4.78 is 0. The van der Waals surface area contributed by atoms with Crippen LogP contribution in [0.2, 0.25) is 5.02 Å². The minimum absolute atomic E-state index is 0.148. The number of benzene rings is 1. The maximum Gasteiger partial charge on any atom is 0.307 e. The smallest absolute Gasteiger partial charge is 0.307 e. The summed E-state index contributed by atoms with van der Waals surface area (Å²) >= 11 is 5.96. The molecule has 2 atom stereocenters. The number of aliphatic carboxylic acids is 1. The van der Waals surface area contributed by atoms with Crippen molar-refractivity contribution in [3.8, 4) is 0 Å². The highest BCUT2D eigenvalue weighted by Crippen LogP contribution is 2.48. The standard InChI is InChI=1S/C14H14ClNO3/c15-9-3-1-2-8(6-9)14(4-5-14)16-12(17)10-7-11(10)13(18)19/h1-3,6,10-11H,4-5,7H2,(H,16,17)(H,18,19)/t10-,11+/m1/s1. The van der Waals surface area contributed by atoms with Crippen LogP contribution in [0.15, 0.2) is 24.3 Å². The summed E-state index contributed by atoms with van der Waals surface area (Å²) in [6, 6.07) is 7.46. The van der Waals surface area contributed by atoms with E-state index in [0.29, 0.717) is 11.4 Å². The van der Waals surface area contributed by atoms with Crippen molar-refractivity contribution in [3.05, 3.63) is 34.9 Å². The fourth-order valence-electron chi connectivity index (χ4n) is 2.48. The third-order valence-electron chi connectivity index (χ3n) is 3.93. The molecule has 0 saturated heterocycles. The summed E-state index contributed by atoms with van der Waals surface area (Å²) in [6.45, 7) is 0. The molecule has 0 bridgehead atoms. The molecule has 2 aliphatic carbocycles. The first-order valence-corrected chi connectivity index (χ1v) is 6.70. The fourth-order valence-corrected chi connectivity index (χ4v) is 2.67. The Morgan fingerprint density at radius 1 is 1.32 bits per heavy atom. The molecule has 3 rings (SSSR count). The minimum Gasteiger partial charge on any atom is -0.481 e. The highest BCUT2D eigenvalue weighted by atomic mass is 35.5. The van der Waals surface area contributed by atoms with Crippen LogP contribution >= 0.6 is 11.6 Å². The molecule has 2 aliphatic rings. The number of hydrogen-bond acceptors (Lipinski definition) is 2. The van der Waals surface area contributed by atoms with Gasteiger partial charge in [-0.1, -0.05) is 23.7 Å². The number of carbonyl (C=O) groups excluding carboxylic acids is 1. The molecule has 2 fully saturated rings. The van der Waals surface area contributed by atoms with Crippen molar-refractivity contribution in [2.75, 3.05) is 0 Å². The summed E-state index contributed by atoms with van der Waals surface area (Å²) in [6.07, 6.45) is 2.21. The minimum atomic E-state index is -0.882. The third-order valence-corrected chi connectivity index (χ3v) is 4.17. The number of carbonyl (C=O) groups is 2. The zero-order valence-corrected chi connectivity index (χ0v) is 11.0. The van der Waals surface area contributed by atoms with Gasteiger partial charge in [0.2, 0.25) is 5.91 Å². The Labute approximate surface area is 115 Å². The molecular formula is C14H14ClNO3. The Bertz CT molecular complexity index is 553. The predicted molar refractivity (Wildman–Crippen MR) is 69.7 cm³/mol. The second kappa shape index (κ2) is 4.23. The van der Waals surface area contributed by atoms with E-state index in [1.165, 1.54) is 0 Å². The average Bonchev–Trinajstić information content (AvgIpc) is 3.23. The third kappa shape index (κ3) is 2.32. The van der Waals surface area contributed by atoms with E-state index in [0.717, 1.165) is 18.4 Å². The lowest BCUT2D eigenvalue weighted by atomic mass is 10.0. The maximum absolute atomic E-state index is 12.0. The Kier molecular flexibility index (Phi) is 2.78. The van der Waals surface area contributed by atoms with Gasteiger partial charge in [0, 0.05) is 5.02 Å². The van der Waals surface area contributed by atoms with Crippen molar-refractivity contribution in [1.82, 2.24) is 5.32 Å². The van der Waals surface area contributed by atoms with Crippen molar-refractivity contribution < 1.29 is 14.7 Å². The van der Waals surface area contributed by atoms with E-state index >= 15 is 0 Å². The number of carboxylic acid groups (broad SMARTS) is 1. The maximum atomic E-state index is 12.0. The molecule has 2 saturated carbocycles. The number of carboxylic acids is 1. The molecule has 1 amide bonds. The molecule has 5 heteroatoms. The predicted octanol–water partition coefficient (Wildman–Crippen LogP) is 2.17. The van der Waals surface area contributed by atoms with Crippen molar-refractivity contribution in [1.29, 1.82) is 0 Å². The average molecular weight is 280 g/mol. The van der Waals surface area contributed by atoms with Gasteiger partial charge in [-0.3, -0.25) is 9.59 Å². The summed E-state index contributed by atoms with van der Waals surface area (Å²) in [5, 5.41) is 12.5. The van der Waals surface area contributed by atoms with Crippen LogP contribution in [0.5, 0.6) is 0 Å². The fraction of sp³-hybridized carbons (Fsp3) is 0.429. The van der Waals surface area contributed by atoms with Gasteiger partial charge >= 0.3 is 5.97 Å². The first-order chi connectivity index (χ1) is 9.02. The van der Waals surface area contributed by atoms with E-state index in [4.69, 9.17) is 16.7 Å². The molecule has 19 heavy (non-hydrogen) atoms. The quantitative estimate of drug-likeness (QED) is 0.888. The van der Waals surface area contributed by atoms with Gasteiger partial charge in [0.05, 0.1) is 17.4 Å². The summed E-state index contributed by atoms with van der Waals surface area (Å²) in [4.78, 5) is 22.8. The lowest BCUT2D eigenvalue weighted by Crippen LogP contribution is -2.36. The second-order valence-electron chi connectivity index (χ2n) is 5.37. The van der Waals surface area contributed by atoms with E-state index in [-0.39, 0.29) is 17.4 Å². The number of rotatable bonds is 4. The zero-order valence-electron chi connectivity index (χ0n) is 10.2. The molecule has 0 unspecified atom stereocenters. The molecule has 1 aromatic rings. The summed E-state index contributed by atoms with van der Waals surface area (Å²) in [7, 11) is 0. The summed E-state index contributed by atoms with van der Waals surface area (Å²) in [5.74, 6) is -1.90. The Hall–Kier alpha value is -1.55. The Morgan fingerprint density at radius 3 is 2.58 bits per heavy atom. The number of halogens is 1. The lowest BCUT2D eigenvalue weighted by molar-refractivity contribution is -0.140. The molecular weight excluding hydrogens is 266 g/mol. The van der Waals surface area contributed by atoms with Gasteiger partial charge in [0.15, 0.2) is 0 Å². The largest absolute Gasteiger partial charge is 0.481 e. The van der Waals surface area contributed by atoms with Gasteiger partial charge in [0.1, 0.15) is 0 Å². The van der Waals surface area contributed by atoms with E-state index in [1.807, 2.05) is 18.2 Å². The molecule has 2 N–H and O–H groups in total. The molecule has 0 aliphatic heterocycles. The topological polar surface area (TPSA) is 66.4 Å². The number of amides is 1. The lowest BCUT2D eigenvalue weighted by Gasteiger charge is -2.18. The van der Waals surface area contributed by atoms with Crippen molar-refractivity contribution in [2.45, 2.75) is 24.8 Å². The first kappa shape index (κ1) is 12.5. The van der Waals surface area contributed by atoms with Crippen LogP contribution in [-0.2, 0) is 15.1 Å². The van der Waals surface area contributed by atoms with Crippen molar-refractivity contribution in [2.24, 2.45) is 11.8 Å². The molecule has 0 spiro atoms. The van der Waals surface area contributed by atoms with E-state index in [9.17, 15) is 9.59 Å². The van der Waals surface area contributed by atoms with Gasteiger partial charge in [-0.15, -0.1) is 0 Å². The molecule has 1 aromatic carbocycles. The molecule has 100 valence electrons. The highest BCUT2D eigenvalue weighted by Gasteiger charge is 2.53. The second-order valence-corrected chi connectivity index (χ2v) is 5.81. The van der Waals surface area contributed by atoms with Crippen LogP contribution in [0.25, 0.3) is 0 Å². The molecule has 0 radical (unpaired) electrons. The van der Waals surface area contributed by atoms with Crippen molar-refractivity contribution >= 4 is 23.5 Å². The van der Waals surface area contributed by atoms with Crippen LogP contribution in [0, 0.1) is 11.8 Å². The van der Waals surface area contributed by atoms with E-state index in [1.54, 1.807) is 6.07 Å². The van der Waals surface area contributed by atoms with Gasteiger partial charge in [0.25, 0.3) is 0 Å². The first-order valence-electron chi connectivity index (χ1n) is 6.33. The monoisotopic (exact) mass is 279 g/mol. The normalized spacial score (nSPS) is 26.6. The van der Waals surface area contributed by atoms with E-state index in [2.05, 4.69) is 5.32 Å². The van der Waals surface area contributed by atoms with E-state index < -0.39 is 11.9 Å². The summed E-state index contributed by atoms with van der Waals surface area (Å²) in [5.41, 5.74) is 0.675. The van der Waals surface area contributed by atoms with Gasteiger partial charge in [-0.05, 0) is 37.0 Å². The van der Waals surface area contributed by atoms with Crippen LogP contribution in [0.1, 0.15) is 24.8 Å². The molecule has 0 heterocycles. The molecule has 0 aromatic heterocycles. The van der Waals surface area contributed by atoms with Gasteiger partial charge < -0.3 is 10.4 Å². The van der Waals surface area contributed by atoms with Crippen LogP contribution < -0.4 is 5.32 Å². The van der Waals surface area contributed by atoms with Gasteiger partial charge in [-0.25, -0.2) is 0 Å². The molecule has 4 nitrogen and oxygen atoms in total. The Balaban J connectivity index is 1.70. The van der Waals surface area contributed by atoms with Gasteiger partial charge in [-0.2, -0.15) is 0 Å². The number of hydrogen-bond donors (Lipinski definition) is 2.